The highest BCUT2D eigenvalue weighted by Gasteiger charge is 2.21. The third kappa shape index (κ3) is 4.69. The van der Waals surface area contributed by atoms with Crippen molar-refractivity contribution >= 4 is 29.1 Å². The van der Waals surface area contributed by atoms with Crippen molar-refractivity contribution < 1.29 is 14.7 Å². The molecule has 0 unspecified atom stereocenters. The van der Waals surface area contributed by atoms with E-state index in [0.717, 1.165) is 36.9 Å². The molecule has 2 N–H and O–H groups in total. The summed E-state index contributed by atoms with van der Waals surface area (Å²) in [7, 11) is 0. The van der Waals surface area contributed by atoms with Crippen LogP contribution in [0, 0.1) is 0 Å². The molecule has 1 aromatic heterocycles. The summed E-state index contributed by atoms with van der Waals surface area (Å²) in [6.07, 6.45) is 3.62. The molecule has 0 radical (unpaired) electrons. The quantitative estimate of drug-likeness (QED) is 0.418. The number of amides is 1. The molecule has 2 aromatic rings. The second-order valence-corrected chi connectivity index (χ2v) is 7.65. The van der Waals surface area contributed by atoms with Crippen LogP contribution in [0.25, 0.3) is 0 Å². The summed E-state index contributed by atoms with van der Waals surface area (Å²) in [6.45, 7) is 1.61. The SMILES string of the molecule is CC(=O)c1cccc(NC(=O)CSc2nc(=O)n(CCO)c3c2CCCC3)c1. The van der Waals surface area contributed by atoms with Crippen LogP contribution in [0.15, 0.2) is 34.1 Å². The second kappa shape index (κ2) is 9.16. The van der Waals surface area contributed by atoms with E-state index >= 15 is 0 Å². The first-order valence-corrected chi connectivity index (χ1v) is 10.2. The van der Waals surface area contributed by atoms with Gasteiger partial charge in [-0.25, -0.2) is 4.79 Å². The summed E-state index contributed by atoms with van der Waals surface area (Å²) in [5, 5.41) is 12.6. The molecule has 148 valence electrons. The molecule has 0 saturated heterocycles. The molecule has 0 fully saturated rings. The zero-order valence-corrected chi connectivity index (χ0v) is 16.6. The van der Waals surface area contributed by atoms with Crippen molar-refractivity contribution in [3.05, 3.63) is 51.6 Å². The number of carbonyl (C=O) groups excluding carboxylic acids is 2. The Kier molecular flexibility index (Phi) is 6.64. The van der Waals surface area contributed by atoms with Crippen LogP contribution in [-0.2, 0) is 24.2 Å². The van der Waals surface area contributed by atoms with E-state index in [1.807, 2.05) is 0 Å². The minimum absolute atomic E-state index is 0.0650. The number of aliphatic hydroxyl groups excluding tert-OH is 1. The van der Waals surface area contributed by atoms with Crippen molar-refractivity contribution in [1.29, 1.82) is 0 Å². The van der Waals surface area contributed by atoms with E-state index in [1.165, 1.54) is 18.7 Å². The molecule has 8 heteroatoms. The van der Waals surface area contributed by atoms with Crippen LogP contribution in [0.1, 0.15) is 41.4 Å². The van der Waals surface area contributed by atoms with Gasteiger partial charge in [0.1, 0.15) is 5.03 Å². The molecule has 7 nitrogen and oxygen atoms in total. The number of hydrogen-bond donors (Lipinski definition) is 2. The lowest BCUT2D eigenvalue weighted by Gasteiger charge is -2.22. The molecule has 0 saturated carbocycles. The van der Waals surface area contributed by atoms with E-state index in [0.29, 0.717) is 16.3 Å². The van der Waals surface area contributed by atoms with Gasteiger partial charge in [-0.2, -0.15) is 4.98 Å². The summed E-state index contributed by atoms with van der Waals surface area (Å²) >= 11 is 1.25. The van der Waals surface area contributed by atoms with Gasteiger partial charge in [0.2, 0.25) is 5.91 Å². The second-order valence-electron chi connectivity index (χ2n) is 6.68. The van der Waals surface area contributed by atoms with Crippen LogP contribution in [0.4, 0.5) is 5.69 Å². The van der Waals surface area contributed by atoms with Gasteiger partial charge in [-0.3, -0.25) is 14.2 Å². The van der Waals surface area contributed by atoms with Gasteiger partial charge < -0.3 is 10.4 Å². The number of ketones is 1. The van der Waals surface area contributed by atoms with Crippen molar-refractivity contribution in [2.75, 3.05) is 17.7 Å². The molecule has 1 heterocycles. The number of aliphatic hydroxyl groups is 1. The maximum atomic E-state index is 12.3. The summed E-state index contributed by atoms with van der Waals surface area (Å²) in [5.74, 6) is -0.172. The molecule has 1 amide bonds. The number of thioether (sulfide) groups is 1. The molecule has 0 spiro atoms. The number of anilines is 1. The van der Waals surface area contributed by atoms with Crippen LogP contribution >= 0.6 is 11.8 Å². The van der Waals surface area contributed by atoms with Gasteiger partial charge in [0.25, 0.3) is 0 Å². The van der Waals surface area contributed by atoms with Crippen molar-refractivity contribution in [3.8, 4) is 0 Å². The third-order valence-corrected chi connectivity index (χ3v) is 5.68. The number of hydrogen-bond acceptors (Lipinski definition) is 6. The number of benzene rings is 1. The average Bonchev–Trinajstić information content (AvgIpc) is 2.69. The first kappa shape index (κ1) is 20.3. The normalized spacial score (nSPS) is 13.1. The number of Topliss-reactive ketones (excluding diaryl/α,β-unsaturated/α-hetero) is 1. The first-order chi connectivity index (χ1) is 13.5. The zero-order chi connectivity index (χ0) is 20.1. The standard InChI is InChI=1S/C20H23N3O4S/c1-13(25)14-5-4-6-15(11-14)21-18(26)12-28-19-16-7-2-3-8-17(16)23(9-10-24)20(27)22-19/h4-6,11,24H,2-3,7-10,12H2,1H3,(H,21,26). The highest BCUT2D eigenvalue weighted by molar-refractivity contribution is 8.00. The molecular formula is C20H23N3O4S. The molecule has 28 heavy (non-hydrogen) atoms. The van der Waals surface area contributed by atoms with E-state index in [4.69, 9.17) is 0 Å². The number of nitrogens with zero attached hydrogens (tertiary/aromatic N) is 2. The minimum atomic E-state index is -0.383. The molecule has 0 aliphatic heterocycles. The van der Waals surface area contributed by atoms with E-state index in [1.54, 1.807) is 28.8 Å². The Morgan fingerprint density at radius 2 is 2.07 bits per heavy atom. The summed E-state index contributed by atoms with van der Waals surface area (Å²) < 4.78 is 1.55. The number of carbonyl (C=O) groups is 2. The van der Waals surface area contributed by atoms with Crippen LogP contribution in [0.2, 0.25) is 0 Å². The first-order valence-electron chi connectivity index (χ1n) is 9.26. The fourth-order valence-electron chi connectivity index (χ4n) is 3.34. The molecule has 1 aliphatic rings. The fraction of sp³-hybridized carbons (Fsp3) is 0.400. The molecule has 0 atom stereocenters. The molecule has 1 aliphatic carbocycles. The molecule has 1 aromatic carbocycles. The summed E-state index contributed by atoms with van der Waals surface area (Å²) in [4.78, 5) is 40.3. The Labute approximate surface area is 167 Å². The molecule has 3 rings (SSSR count). The average molecular weight is 401 g/mol. The van der Waals surface area contributed by atoms with Crippen molar-refractivity contribution in [2.24, 2.45) is 0 Å². The third-order valence-electron chi connectivity index (χ3n) is 4.67. The van der Waals surface area contributed by atoms with E-state index < -0.39 is 0 Å². The Balaban J connectivity index is 1.73. The Morgan fingerprint density at radius 1 is 1.29 bits per heavy atom. The highest BCUT2D eigenvalue weighted by atomic mass is 32.2. The van der Waals surface area contributed by atoms with Crippen LogP contribution in [0.5, 0.6) is 0 Å². The van der Waals surface area contributed by atoms with Gasteiger partial charge in [0, 0.05) is 22.5 Å². The van der Waals surface area contributed by atoms with Gasteiger partial charge in [0.05, 0.1) is 18.9 Å². The van der Waals surface area contributed by atoms with Crippen molar-refractivity contribution in [1.82, 2.24) is 9.55 Å². The largest absolute Gasteiger partial charge is 0.395 e. The molecule has 0 bridgehead atoms. The highest BCUT2D eigenvalue weighted by Crippen LogP contribution is 2.28. The lowest BCUT2D eigenvalue weighted by Crippen LogP contribution is -2.31. The van der Waals surface area contributed by atoms with Crippen LogP contribution in [-0.4, -0.2) is 38.7 Å². The summed E-state index contributed by atoms with van der Waals surface area (Å²) in [5.41, 5.74) is 2.65. The lowest BCUT2D eigenvalue weighted by molar-refractivity contribution is -0.113. The number of nitrogens with one attached hydrogen (secondary N) is 1. The summed E-state index contributed by atoms with van der Waals surface area (Å²) in [6, 6.07) is 6.79. The lowest BCUT2D eigenvalue weighted by atomic mass is 9.97. The monoisotopic (exact) mass is 401 g/mol. The van der Waals surface area contributed by atoms with Crippen LogP contribution in [0.3, 0.4) is 0 Å². The topological polar surface area (TPSA) is 101 Å². The number of fused-ring (bicyclic) bond motifs is 1. The zero-order valence-electron chi connectivity index (χ0n) is 15.7. The number of aromatic nitrogens is 2. The van der Waals surface area contributed by atoms with Crippen LogP contribution < -0.4 is 11.0 Å². The van der Waals surface area contributed by atoms with E-state index in [2.05, 4.69) is 10.3 Å². The molecular weight excluding hydrogens is 378 g/mol. The predicted molar refractivity (Wildman–Crippen MR) is 108 cm³/mol. The van der Waals surface area contributed by atoms with E-state index in [-0.39, 0.29) is 36.3 Å². The Bertz CT molecular complexity index is 955. The van der Waals surface area contributed by atoms with Gasteiger partial charge in [-0.1, -0.05) is 23.9 Å². The maximum Gasteiger partial charge on any atom is 0.348 e. The smallest absolute Gasteiger partial charge is 0.348 e. The maximum absolute atomic E-state index is 12.3. The predicted octanol–water partition coefficient (Wildman–Crippen LogP) is 2.05. The van der Waals surface area contributed by atoms with Gasteiger partial charge in [-0.15, -0.1) is 0 Å². The van der Waals surface area contributed by atoms with E-state index in [9.17, 15) is 19.5 Å². The van der Waals surface area contributed by atoms with Gasteiger partial charge >= 0.3 is 5.69 Å². The Hall–Kier alpha value is -2.45. The Morgan fingerprint density at radius 3 is 2.82 bits per heavy atom. The van der Waals surface area contributed by atoms with Crippen molar-refractivity contribution in [3.63, 3.8) is 0 Å². The van der Waals surface area contributed by atoms with Crippen molar-refractivity contribution in [2.45, 2.75) is 44.2 Å². The fourth-order valence-corrected chi connectivity index (χ4v) is 4.22. The number of rotatable bonds is 7. The van der Waals surface area contributed by atoms with Gasteiger partial charge in [-0.05, 0) is 44.7 Å². The van der Waals surface area contributed by atoms with Gasteiger partial charge in [0.15, 0.2) is 5.78 Å². The minimum Gasteiger partial charge on any atom is -0.395 e.